The maximum atomic E-state index is 11.9. The maximum absolute atomic E-state index is 11.9. The van der Waals surface area contributed by atoms with Gasteiger partial charge >= 0.3 is 0 Å². The highest BCUT2D eigenvalue weighted by atomic mass is 32.2. The fourth-order valence-electron chi connectivity index (χ4n) is 1.08. The molecule has 0 atom stereocenters. The summed E-state index contributed by atoms with van der Waals surface area (Å²) in [5.74, 6) is 0. The second-order valence-corrected chi connectivity index (χ2v) is 5.15. The van der Waals surface area contributed by atoms with E-state index in [2.05, 4.69) is 4.98 Å². The van der Waals surface area contributed by atoms with Gasteiger partial charge in [-0.3, -0.25) is 0 Å². The van der Waals surface area contributed by atoms with E-state index in [9.17, 15) is 8.42 Å². The van der Waals surface area contributed by atoms with Gasteiger partial charge in [0, 0.05) is 26.3 Å². The van der Waals surface area contributed by atoms with Crippen LogP contribution in [0.2, 0.25) is 0 Å². The van der Waals surface area contributed by atoms with Crippen molar-refractivity contribution in [2.45, 2.75) is 4.90 Å². The number of aromatic nitrogens is 1. The lowest BCUT2D eigenvalue weighted by atomic mass is 10.4. The Labute approximate surface area is 94.4 Å². The number of nitriles is 1. The molecule has 0 unspecified atom stereocenters. The number of nitrogens with two attached hydrogens (primary N) is 1. The van der Waals surface area contributed by atoms with Crippen LogP contribution in [0.25, 0.3) is 0 Å². The number of hydrogen-bond donors (Lipinski definition) is 1. The van der Waals surface area contributed by atoms with Crippen LogP contribution >= 0.6 is 0 Å². The molecule has 16 heavy (non-hydrogen) atoms. The smallest absolute Gasteiger partial charge is 0.244 e. The summed E-state index contributed by atoms with van der Waals surface area (Å²) < 4.78 is 24.9. The lowest BCUT2D eigenvalue weighted by Gasteiger charge is -2.15. The largest absolute Gasteiger partial charge is 0.329 e. The van der Waals surface area contributed by atoms with E-state index >= 15 is 0 Å². The summed E-state index contributed by atoms with van der Waals surface area (Å²) in [6.07, 6.45) is 1.17. The fourth-order valence-corrected chi connectivity index (χ4v) is 2.21. The Kier molecular flexibility index (Phi) is 3.95. The molecule has 0 saturated heterocycles. The van der Waals surface area contributed by atoms with Gasteiger partial charge < -0.3 is 5.73 Å². The molecule has 0 saturated carbocycles. The van der Waals surface area contributed by atoms with E-state index in [0.717, 1.165) is 4.31 Å². The zero-order valence-corrected chi connectivity index (χ0v) is 9.61. The molecule has 0 bridgehead atoms. The zero-order chi connectivity index (χ0) is 12.2. The normalized spacial score (nSPS) is 11.4. The molecular formula is C9H12N4O2S. The third kappa shape index (κ3) is 2.55. The molecule has 1 rings (SSSR count). The van der Waals surface area contributed by atoms with E-state index in [4.69, 9.17) is 11.0 Å². The number of sulfonamides is 1. The second-order valence-electron chi connectivity index (χ2n) is 3.11. The first-order valence-electron chi connectivity index (χ1n) is 4.55. The number of nitrogens with zero attached hydrogens (tertiary/aromatic N) is 3. The average molecular weight is 240 g/mol. The van der Waals surface area contributed by atoms with Gasteiger partial charge in [0.05, 0.1) is 0 Å². The van der Waals surface area contributed by atoms with Crippen molar-refractivity contribution in [3.8, 4) is 6.07 Å². The van der Waals surface area contributed by atoms with Gasteiger partial charge in [-0.25, -0.2) is 13.4 Å². The summed E-state index contributed by atoms with van der Waals surface area (Å²) in [7, 11) is -2.10. The van der Waals surface area contributed by atoms with Crippen molar-refractivity contribution < 1.29 is 8.42 Å². The monoisotopic (exact) mass is 240 g/mol. The molecule has 0 aliphatic rings. The van der Waals surface area contributed by atoms with E-state index < -0.39 is 10.0 Å². The van der Waals surface area contributed by atoms with Crippen LogP contribution in [0, 0.1) is 11.3 Å². The van der Waals surface area contributed by atoms with Crippen molar-refractivity contribution >= 4 is 10.0 Å². The highest BCUT2D eigenvalue weighted by Crippen LogP contribution is 2.12. The van der Waals surface area contributed by atoms with Crippen LogP contribution in [-0.2, 0) is 10.0 Å². The van der Waals surface area contributed by atoms with Gasteiger partial charge in [0.25, 0.3) is 0 Å². The van der Waals surface area contributed by atoms with Crippen molar-refractivity contribution in [3.05, 3.63) is 24.0 Å². The standard InChI is InChI=1S/C9H12N4O2S/c1-13(5-4-10)16(14,15)9-3-2-8(6-11)12-7-9/h2-3,7H,4-5,10H2,1H3. The van der Waals surface area contributed by atoms with Crippen molar-refractivity contribution in [1.29, 1.82) is 5.26 Å². The molecule has 86 valence electrons. The van der Waals surface area contributed by atoms with Gasteiger partial charge in [0.1, 0.15) is 16.7 Å². The lowest BCUT2D eigenvalue weighted by molar-refractivity contribution is 0.476. The lowest BCUT2D eigenvalue weighted by Crippen LogP contribution is -2.31. The van der Waals surface area contributed by atoms with E-state index in [0.29, 0.717) is 0 Å². The van der Waals surface area contributed by atoms with Crippen LogP contribution < -0.4 is 5.73 Å². The molecule has 0 aromatic carbocycles. The molecule has 0 aliphatic heterocycles. The molecule has 1 aromatic rings. The Morgan fingerprint density at radius 3 is 2.69 bits per heavy atom. The molecule has 1 heterocycles. The Morgan fingerprint density at radius 2 is 2.25 bits per heavy atom. The predicted molar refractivity (Wildman–Crippen MR) is 57.8 cm³/mol. The van der Waals surface area contributed by atoms with Crippen LogP contribution in [0.1, 0.15) is 5.69 Å². The fraction of sp³-hybridized carbons (Fsp3) is 0.333. The first-order valence-corrected chi connectivity index (χ1v) is 5.99. The van der Waals surface area contributed by atoms with Gasteiger partial charge in [0.2, 0.25) is 10.0 Å². The van der Waals surface area contributed by atoms with Gasteiger partial charge in [0.15, 0.2) is 0 Å². The summed E-state index contributed by atoms with van der Waals surface area (Å²) in [5.41, 5.74) is 5.47. The number of likely N-dealkylation sites (N-methyl/N-ethyl adjacent to an activating group) is 1. The number of rotatable bonds is 4. The molecule has 0 amide bonds. The van der Waals surface area contributed by atoms with E-state index in [-0.39, 0.29) is 23.7 Å². The predicted octanol–water partition coefficient (Wildman–Crippen LogP) is -0.468. The quantitative estimate of drug-likeness (QED) is 0.767. The third-order valence-corrected chi connectivity index (χ3v) is 3.84. The summed E-state index contributed by atoms with van der Waals surface area (Å²) in [6.45, 7) is 0.488. The molecule has 0 radical (unpaired) electrons. The van der Waals surface area contributed by atoms with E-state index in [1.165, 1.54) is 25.4 Å². The SMILES string of the molecule is CN(CCN)S(=O)(=O)c1ccc(C#N)nc1. The number of hydrogen-bond acceptors (Lipinski definition) is 5. The molecule has 7 heteroatoms. The minimum absolute atomic E-state index is 0.0578. The van der Waals surface area contributed by atoms with Crippen LogP contribution in [0.15, 0.2) is 23.2 Å². The Balaban J connectivity index is 3.04. The molecule has 2 N–H and O–H groups in total. The first-order chi connectivity index (χ1) is 7.52. The van der Waals surface area contributed by atoms with Gasteiger partial charge in [-0.1, -0.05) is 0 Å². The van der Waals surface area contributed by atoms with Gasteiger partial charge in [-0.05, 0) is 12.1 Å². The molecule has 0 fully saturated rings. The van der Waals surface area contributed by atoms with Crippen molar-refractivity contribution in [2.24, 2.45) is 5.73 Å². The average Bonchev–Trinajstić information content (AvgIpc) is 2.29. The van der Waals surface area contributed by atoms with Crippen molar-refractivity contribution in [3.63, 3.8) is 0 Å². The minimum Gasteiger partial charge on any atom is -0.329 e. The highest BCUT2D eigenvalue weighted by molar-refractivity contribution is 7.89. The first kappa shape index (κ1) is 12.6. The highest BCUT2D eigenvalue weighted by Gasteiger charge is 2.20. The second kappa shape index (κ2) is 5.03. The minimum atomic E-state index is -3.54. The van der Waals surface area contributed by atoms with Gasteiger partial charge in [-0.15, -0.1) is 0 Å². The Morgan fingerprint density at radius 1 is 1.56 bits per heavy atom. The molecule has 0 aliphatic carbocycles. The molecular weight excluding hydrogens is 228 g/mol. The van der Waals surface area contributed by atoms with Crippen LogP contribution in [0.5, 0.6) is 0 Å². The third-order valence-electron chi connectivity index (χ3n) is 2.00. The number of pyridine rings is 1. The molecule has 6 nitrogen and oxygen atoms in total. The van der Waals surface area contributed by atoms with E-state index in [1.807, 2.05) is 6.07 Å². The zero-order valence-electron chi connectivity index (χ0n) is 8.79. The Hall–Kier alpha value is -1.49. The van der Waals surface area contributed by atoms with Crippen LogP contribution in [-0.4, -0.2) is 37.8 Å². The van der Waals surface area contributed by atoms with Crippen LogP contribution in [0.3, 0.4) is 0 Å². The summed E-state index contributed by atoms with van der Waals surface area (Å²) >= 11 is 0. The summed E-state index contributed by atoms with van der Waals surface area (Å²) in [6, 6.07) is 4.54. The van der Waals surface area contributed by atoms with Crippen LogP contribution in [0.4, 0.5) is 0 Å². The maximum Gasteiger partial charge on any atom is 0.244 e. The van der Waals surface area contributed by atoms with Crippen molar-refractivity contribution in [1.82, 2.24) is 9.29 Å². The van der Waals surface area contributed by atoms with Gasteiger partial charge in [-0.2, -0.15) is 9.57 Å². The summed E-state index contributed by atoms with van der Waals surface area (Å²) in [5, 5.41) is 8.54. The molecule has 1 aromatic heterocycles. The van der Waals surface area contributed by atoms with Crippen molar-refractivity contribution in [2.75, 3.05) is 20.1 Å². The topological polar surface area (TPSA) is 100 Å². The van der Waals surface area contributed by atoms with E-state index in [1.54, 1.807) is 0 Å². The summed E-state index contributed by atoms with van der Waals surface area (Å²) in [4.78, 5) is 3.77. The molecule has 0 spiro atoms. The Bertz CT molecular complexity index is 489.